The highest BCUT2D eigenvalue weighted by molar-refractivity contribution is 9.10. The Balaban J connectivity index is 1.80. The van der Waals surface area contributed by atoms with Gasteiger partial charge in [0.1, 0.15) is 6.54 Å². The Kier molecular flexibility index (Phi) is 4.22. The number of benzene rings is 1. The zero-order valence-corrected chi connectivity index (χ0v) is 13.7. The van der Waals surface area contributed by atoms with Gasteiger partial charge in [-0.15, -0.1) is 0 Å². The van der Waals surface area contributed by atoms with E-state index >= 15 is 0 Å². The van der Waals surface area contributed by atoms with Gasteiger partial charge in [-0.05, 0) is 28.1 Å². The van der Waals surface area contributed by atoms with E-state index in [1.807, 2.05) is 0 Å². The zero-order valence-electron chi connectivity index (χ0n) is 11.3. The smallest absolute Gasteiger partial charge is 0.251 e. The molecule has 2 heterocycles. The number of carbonyl (C=O) groups excluding carboxylic acids is 1. The zero-order chi connectivity index (χ0) is 16.6. The lowest BCUT2D eigenvalue weighted by molar-refractivity contribution is -0.116. The molecular weight excluding hydrogens is 392 g/mol. The van der Waals surface area contributed by atoms with Crippen molar-refractivity contribution in [1.29, 1.82) is 0 Å². The maximum atomic E-state index is 13.2. The minimum Gasteiger partial charge on any atom is -0.305 e. The van der Waals surface area contributed by atoms with Crippen LogP contribution in [0.1, 0.15) is 0 Å². The molecule has 2 aromatic heterocycles. The summed E-state index contributed by atoms with van der Waals surface area (Å²) < 4.78 is 28.6. The second kappa shape index (κ2) is 6.17. The summed E-state index contributed by atoms with van der Waals surface area (Å²) in [7, 11) is 0. The number of amides is 1. The second-order valence-electron chi connectivity index (χ2n) is 4.61. The van der Waals surface area contributed by atoms with Gasteiger partial charge in [-0.2, -0.15) is 0 Å². The average molecular weight is 400 g/mol. The first kappa shape index (κ1) is 15.8. The summed E-state index contributed by atoms with van der Waals surface area (Å²) in [4.78, 5) is 27.6. The molecule has 0 atom stereocenters. The second-order valence-corrected chi connectivity index (χ2v) is 6.56. The number of rotatable bonds is 3. The molecular formula is C14H8BrF2N3O2S. The highest BCUT2D eigenvalue weighted by atomic mass is 79.9. The molecule has 1 aromatic carbocycles. The maximum absolute atomic E-state index is 13.2. The van der Waals surface area contributed by atoms with Gasteiger partial charge in [-0.25, -0.2) is 13.8 Å². The Hall–Kier alpha value is -2.13. The number of thiazole rings is 1. The standard InChI is InChI=1S/C14H8BrF2N3O2S/c15-7-1-2-13(22)20(5-7)6-12(21)19-14-18-10-3-8(16)9(17)4-11(10)23-14/h1-5H,6H2,(H,18,19,21). The van der Waals surface area contributed by atoms with E-state index in [4.69, 9.17) is 0 Å². The number of pyridine rings is 1. The highest BCUT2D eigenvalue weighted by Gasteiger charge is 2.12. The van der Waals surface area contributed by atoms with Crippen LogP contribution in [0.5, 0.6) is 0 Å². The van der Waals surface area contributed by atoms with Crippen LogP contribution in [0.15, 0.2) is 39.7 Å². The van der Waals surface area contributed by atoms with Gasteiger partial charge in [0.2, 0.25) is 5.91 Å². The fourth-order valence-electron chi connectivity index (χ4n) is 1.92. The third-order valence-corrected chi connectivity index (χ3v) is 4.34. The Morgan fingerprint density at radius 2 is 2.04 bits per heavy atom. The summed E-state index contributed by atoms with van der Waals surface area (Å²) in [6.45, 7) is -0.197. The minimum absolute atomic E-state index is 0.197. The molecule has 0 aliphatic carbocycles. The third-order valence-electron chi connectivity index (χ3n) is 2.94. The fourth-order valence-corrected chi connectivity index (χ4v) is 3.18. The number of halogens is 3. The van der Waals surface area contributed by atoms with E-state index in [0.717, 1.165) is 23.5 Å². The van der Waals surface area contributed by atoms with E-state index in [9.17, 15) is 18.4 Å². The van der Waals surface area contributed by atoms with Crippen LogP contribution in [0.25, 0.3) is 10.2 Å². The van der Waals surface area contributed by atoms with Crippen molar-refractivity contribution in [2.45, 2.75) is 6.54 Å². The molecule has 0 saturated carbocycles. The largest absolute Gasteiger partial charge is 0.305 e. The van der Waals surface area contributed by atoms with Crippen LogP contribution in [0, 0.1) is 11.6 Å². The lowest BCUT2D eigenvalue weighted by Gasteiger charge is -2.05. The molecule has 0 unspecified atom stereocenters. The summed E-state index contributed by atoms with van der Waals surface area (Å²) in [6.07, 6.45) is 1.49. The number of nitrogens with one attached hydrogen (secondary N) is 1. The number of hydrogen-bond acceptors (Lipinski definition) is 4. The molecule has 0 aliphatic heterocycles. The SMILES string of the molecule is O=C(Cn1cc(Br)ccc1=O)Nc1nc2cc(F)c(F)cc2s1. The molecule has 0 spiro atoms. The van der Waals surface area contributed by atoms with Gasteiger partial charge in [0.15, 0.2) is 16.8 Å². The number of carbonyl (C=O) groups is 1. The predicted octanol–water partition coefficient (Wildman–Crippen LogP) is 3.14. The molecule has 0 saturated heterocycles. The van der Waals surface area contributed by atoms with Crippen molar-refractivity contribution in [2.24, 2.45) is 0 Å². The maximum Gasteiger partial charge on any atom is 0.251 e. The summed E-state index contributed by atoms with van der Waals surface area (Å²) in [5.41, 5.74) is -0.0689. The molecule has 0 radical (unpaired) electrons. The minimum atomic E-state index is -0.999. The molecule has 23 heavy (non-hydrogen) atoms. The predicted molar refractivity (Wildman–Crippen MR) is 86.6 cm³/mol. The van der Waals surface area contributed by atoms with Crippen molar-refractivity contribution in [1.82, 2.24) is 9.55 Å². The lowest BCUT2D eigenvalue weighted by Crippen LogP contribution is -2.26. The molecule has 118 valence electrons. The van der Waals surface area contributed by atoms with Crippen LogP contribution >= 0.6 is 27.3 Å². The van der Waals surface area contributed by atoms with E-state index in [1.165, 1.54) is 16.8 Å². The Morgan fingerprint density at radius 1 is 1.30 bits per heavy atom. The molecule has 1 amide bonds. The molecule has 1 N–H and O–H groups in total. The molecule has 0 aliphatic rings. The number of hydrogen-bond donors (Lipinski definition) is 1. The van der Waals surface area contributed by atoms with Crippen LogP contribution in [0.4, 0.5) is 13.9 Å². The number of anilines is 1. The monoisotopic (exact) mass is 399 g/mol. The van der Waals surface area contributed by atoms with Crippen LogP contribution < -0.4 is 10.9 Å². The van der Waals surface area contributed by atoms with Gasteiger partial charge in [-0.1, -0.05) is 11.3 Å². The number of nitrogens with zero attached hydrogens (tertiary/aromatic N) is 2. The van der Waals surface area contributed by atoms with Crippen LogP contribution in [-0.4, -0.2) is 15.5 Å². The third kappa shape index (κ3) is 3.45. The summed E-state index contributed by atoms with van der Waals surface area (Å²) in [5.74, 6) is -2.44. The molecule has 5 nitrogen and oxygen atoms in total. The van der Waals surface area contributed by atoms with Gasteiger partial charge >= 0.3 is 0 Å². The van der Waals surface area contributed by atoms with E-state index in [2.05, 4.69) is 26.2 Å². The van der Waals surface area contributed by atoms with Crippen molar-refractivity contribution in [3.8, 4) is 0 Å². The van der Waals surface area contributed by atoms with Gasteiger partial charge < -0.3 is 9.88 Å². The summed E-state index contributed by atoms with van der Waals surface area (Å²) in [6, 6.07) is 4.90. The molecule has 0 bridgehead atoms. The molecule has 3 aromatic rings. The van der Waals surface area contributed by atoms with E-state index in [0.29, 0.717) is 9.17 Å². The topological polar surface area (TPSA) is 64.0 Å². The first-order valence-electron chi connectivity index (χ1n) is 6.34. The van der Waals surface area contributed by atoms with E-state index in [-0.39, 0.29) is 22.8 Å². The van der Waals surface area contributed by atoms with Gasteiger partial charge in [0, 0.05) is 22.8 Å². The summed E-state index contributed by atoms with van der Waals surface area (Å²) >= 11 is 4.24. The van der Waals surface area contributed by atoms with Gasteiger partial charge in [0.25, 0.3) is 5.56 Å². The molecule has 3 rings (SSSR count). The van der Waals surface area contributed by atoms with Crippen LogP contribution in [0.2, 0.25) is 0 Å². The van der Waals surface area contributed by atoms with E-state index < -0.39 is 17.5 Å². The summed E-state index contributed by atoms with van der Waals surface area (Å²) in [5, 5.41) is 2.72. The van der Waals surface area contributed by atoms with Crippen LogP contribution in [-0.2, 0) is 11.3 Å². The first-order chi connectivity index (χ1) is 10.9. The van der Waals surface area contributed by atoms with Gasteiger partial charge in [-0.3, -0.25) is 9.59 Å². The normalized spacial score (nSPS) is 10.9. The van der Waals surface area contributed by atoms with E-state index in [1.54, 1.807) is 6.07 Å². The Labute approximate surface area is 140 Å². The van der Waals surface area contributed by atoms with Crippen LogP contribution in [0.3, 0.4) is 0 Å². The van der Waals surface area contributed by atoms with Gasteiger partial charge in [0.05, 0.1) is 10.2 Å². The van der Waals surface area contributed by atoms with Crippen molar-refractivity contribution in [3.63, 3.8) is 0 Å². The van der Waals surface area contributed by atoms with Crippen molar-refractivity contribution in [3.05, 3.63) is 56.9 Å². The fraction of sp³-hybridized carbons (Fsp3) is 0.0714. The van der Waals surface area contributed by atoms with Crippen molar-refractivity contribution >= 4 is 48.5 Å². The Bertz CT molecular complexity index is 931. The highest BCUT2D eigenvalue weighted by Crippen LogP contribution is 2.27. The van der Waals surface area contributed by atoms with Crippen molar-refractivity contribution in [2.75, 3.05) is 5.32 Å². The molecule has 9 heteroatoms. The number of aromatic nitrogens is 2. The average Bonchev–Trinajstić information content (AvgIpc) is 2.84. The Morgan fingerprint density at radius 3 is 2.83 bits per heavy atom. The lowest BCUT2D eigenvalue weighted by atomic mass is 10.3. The van der Waals surface area contributed by atoms with Crippen molar-refractivity contribution < 1.29 is 13.6 Å². The first-order valence-corrected chi connectivity index (χ1v) is 7.95. The number of fused-ring (bicyclic) bond motifs is 1. The quantitative estimate of drug-likeness (QED) is 0.735. The molecule has 0 fully saturated rings.